The second-order valence-electron chi connectivity index (χ2n) is 5.36. The molecule has 0 bridgehead atoms. The number of nitrogens with zero attached hydrogens (tertiary/aromatic N) is 2. The fourth-order valence-electron chi connectivity index (χ4n) is 2.64. The lowest BCUT2D eigenvalue weighted by molar-refractivity contribution is -0.137. The van der Waals surface area contributed by atoms with Crippen LogP contribution in [0.2, 0.25) is 0 Å². The molecule has 1 amide bonds. The van der Waals surface area contributed by atoms with Gasteiger partial charge in [-0.2, -0.15) is 0 Å². The Labute approximate surface area is 118 Å². The van der Waals surface area contributed by atoms with Crippen molar-refractivity contribution in [2.24, 2.45) is 5.92 Å². The molecule has 0 radical (unpaired) electrons. The number of amides is 1. The predicted octanol–water partition coefficient (Wildman–Crippen LogP) is 2.11. The number of piperidine rings is 1. The molecule has 2 heterocycles. The molecule has 5 nitrogen and oxygen atoms in total. The molecule has 1 aromatic heterocycles. The molecule has 1 aliphatic rings. The van der Waals surface area contributed by atoms with Crippen LogP contribution in [-0.4, -0.2) is 40.0 Å². The van der Waals surface area contributed by atoms with Gasteiger partial charge in [0.25, 0.3) is 5.91 Å². The maximum Gasteiger partial charge on any atom is 0.303 e. The van der Waals surface area contributed by atoms with Crippen molar-refractivity contribution in [3.63, 3.8) is 0 Å². The lowest BCUT2D eigenvalue weighted by Crippen LogP contribution is -2.40. The van der Waals surface area contributed by atoms with Gasteiger partial charge in [-0.1, -0.05) is 6.07 Å². The maximum absolute atomic E-state index is 12.4. The van der Waals surface area contributed by atoms with Crippen LogP contribution in [0.25, 0.3) is 0 Å². The van der Waals surface area contributed by atoms with E-state index in [4.69, 9.17) is 5.11 Å². The molecule has 0 saturated carbocycles. The number of aryl methyl sites for hydroxylation is 1. The lowest BCUT2D eigenvalue weighted by Gasteiger charge is -2.32. The van der Waals surface area contributed by atoms with Crippen LogP contribution in [0.5, 0.6) is 0 Å². The highest BCUT2D eigenvalue weighted by Gasteiger charge is 2.25. The molecule has 5 heteroatoms. The highest BCUT2D eigenvalue weighted by atomic mass is 16.4. The summed E-state index contributed by atoms with van der Waals surface area (Å²) in [4.78, 5) is 29.1. The Bertz CT molecular complexity index is 502. The summed E-state index contributed by atoms with van der Waals surface area (Å²) >= 11 is 0. The Balaban J connectivity index is 1.98. The second-order valence-corrected chi connectivity index (χ2v) is 5.36. The Kier molecular flexibility index (Phi) is 4.71. The van der Waals surface area contributed by atoms with E-state index in [1.54, 1.807) is 11.0 Å². The smallest absolute Gasteiger partial charge is 0.303 e. The summed E-state index contributed by atoms with van der Waals surface area (Å²) in [7, 11) is 0. The molecule has 1 atom stereocenters. The molecule has 2 rings (SSSR count). The second kappa shape index (κ2) is 6.50. The number of carbonyl (C=O) groups excluding carboxylic acids is 1. The van der Waals surface area contributed by atoms with Crippen LogP contribution in [0.1, 0.15) is 41.9 Å². The Hall–Kier alpha value is -1.91. The first-order valence-electron chi connectivity index (χ1n) is 7.01. The van der Waals surface area contributed by atoms with Crippen LogP contribution in [0.4, 0.5) is 0 Å². The van der Waals surface area contributed by atoms with Gasteiger partial charge < -0.3 is 10.0 Å². The van der Waals surface area contributed by atoms with Crippen molar-refractivity contribution in [3.05, 3.63) is 29.6 Å². The molecular weight excluding hydrogens is 256 g/mol. The van der Waals surface area contributed by atoms with E-state index in [-0.39, 0.29) is 18.2 Å². The van der Waals surface area contributed by atoms with Crippen LogP contribution in [0.3, 0.4) is 0 Å². The molecule has 0 aromatic carbocycles. The minimum absolute atomic E-state index is 0.0475. The zero-order valence-corrected chi connectivity index (χ0v) is 11.7. The third-order valence-electron chi connectivity index (χ3n) is 3.68. The molecule has 1 aliphatic heterocycles. The fourth-order valence-corrected chi connectivity index (χ4v) is 2.64. The number of carboxylic acid groups (broad SMARTS) is 1. The van der Waals surface area contributed by atoms with Crippen molar-refractivity contribution in [3.8, 4) is 0 Å². The van der Waals surface area contributed by atoms with Gasteiger partial charge >= 0.3 is 5.97 Å². The number of carbonyl (C=O) groups is 2. The summed E-state index contributed by atoms with van der Waals surface area (Å²) in [5.41, 5.74) is 1.30. The van der Waals surface area contributed by atoms with Gasteiger partial charge in [0.2, 0.25) is 0 Å². The van der Waals surface area contributed by atoms with Crippen molar-refractivity contribution >= 4 is 11.9 Å². The van der Waals surface area contributed by atoms with E-state index in [1.807, 2.05) is 19.1 Å². The summed E-state index contributed by atoms with van der Waals surface area (Å²) in [6.07, 6.45) is 2.75. The number of rotatable bonds is 4. The molecule has 108 valence electrons. The number of hydrogen-bond acceptors (Lipinski definition) is 3. The minimum atomic E-state index is -0.770. The standard InChI is InChI=1S/C15H20N2O3/c1-11-4-2-6-13(16-11)15(20)17-9-3-5-12(10-17)7-8-14(18)19/h2,4,6,12H,3,5,7-10H2,1H3,(H,18,19)/t12-/m1/s1. The van der Waals surface area contributed by atoms with Crippen molar-refractivity contribution < 1.29 is 14.7 Å². The lowest BCUT2D eigenvalue weighted by atomic mass is 9.93. The number of hydrogen-bond donors (Lipinski definition) is 1. The average molecular weight is 276 g/mol. The molecule has 0 spiro atoms. The molecule has 1 N–H and O–H groups in total. The SMILES string of the molecule is Cc1cccc(C(=O)N2CCC[C@H](CCC(=O)O)C2)n1. The number of pyridine rings is 1. The van der Waals surface area contributed by atoms with E-state index < -0.39 is 5.97 Å². The van der Waals surface area contributed by atoms with E-state index in [2.05, 4.69) is 4.98 Å². The van der Waals surface area contributed by atoms with Gasteiger partial charge in [0.1, 0.15) is 5.69 Å². The Morgan fingerprint density at radius 1 is 1.45 bits per heavy atom. The summed E-state index contributed by atoms with van der Waals surface area (Å²) in [5, 5.41) is 8.74. The van der Waals surface area contributed by atoms with Gasteiger partial charge in [0, 0.05) is 25.2 Å². The monoisotopic (exact) mass is 276 g/mol. The first kappa shape index (κ1) is 14.5. The van der Waals surface area contributed by atoms with Crippen molar-refractivity contribution in [2.45, 2.75) is 32.6 Å². The molecule has 1 saturated heterocycles. The summed E-state index contributed by atoms with van der Waals surface area (Å²) in [6.45, 7) is 3.24. The van der Waals surface area contributed by atoms with Gasteiger partial charge in [0.05, 0.1) is 0 Å². The van der Waals surface area contributed by atoms with E-state index >= 15 is 0 Å². The normalized spacial score (nSPS) is 18.9. The number of aromatic nitrogens is 1. The van der Waals surface area contributed by atoms with E-state index in [1.165, 1.54) is 0 Å². The molecule has 0 unspecified atom stereocenters. The largest absolute Gasteiger partial charge is 0.481 e. The molecule has 0 aliphatic carbocycles. The third kappa shape index (κ3) is 3.79. The van der Waals surface area contributed by atoms with Crippen molar-refractivity contribution in [1.29, 1.82) is 0 Å². The summed E-state index contributed by atoms with van der Waals surface area (Å²) in [5.74, 6) is -0.531. The predicted molar refractivity (Wildman–Crippen MR) is 74.5 cm³/mol. The van der Waals surface area contributed by atoms with Crippen molar-refractivity contribution in [1.82, 2.24) is 9.88 Å². The first-order chi connectivity index (χ1) is 9.56. The molecule has 1 fully saturated rings. The quantitative estimate of drug-likeness (QED) is 0.914. The highest BCUT2D eigenvalue weighted by molar-refractivity contribution is 5.92. The number of carboxylic acids is 1. The number of likely N-dealkylation sites (tertiary alicyclic amines) is 1. The fraction of sp³-hybridized carbons (Fsp3) is 0.533. The van der Waals surface area contributed by atoms with Gasteiger partial charge in [0.15, 0.2) is 0 Å². The Morgan fingerprint density at radius 3 is 2.95 bits per heavy atom. The third-order valence-corrected chi connectivity index (χ3v) is 3.68. The minimum Gasteiger partial charge on any atom is -0.481 e. The van der Waals surface area contributed by atoms with Crippen molar-refractivity contribution in [2.75, 3.05) is 13.1 Å². The first-order valence-corrected chi connectivity index (χ1v) is 7.01. The van der Waals surface area contributed by atoms with Crippen LogP contribution >= 0.6 is 0 Å². The van der Waals surface area contributed by atoms with E-state index in [0.717, 1.165) is 25.1 Å². The summed E-state index contributed by atoms with van der Waals surface area (Å²) in [6, 6.07) is 5.43. The Morgan fingerprint density at radius 2 is 2.25 bits per heavy atom. The van der Waals surface area contributed by atoms with Gasteiger partial charge in [-0.3, -0.25) is 9.59 Å². The van der Waals surface area contributed by atoms with Crippen LogP contribution in [0.15, 0.2) is 18.2 Å². The molecule has 20 heavy (non-hydrogen) atoms. The van der Waals surface area contributed by atoms with Crippen LogP contribution in [-0.2, 0) is 4.79 Å². The zero-order valence-electron chi connectivity index (χ0n) is 11.7. The maximum atomic E-state index is 12.4. The molecular formula is C15H20N2O3. The van der Waals surface area contributed by atoms with Gasteiger partial charge in [-0.05, 0) is 44.2 Å². The van der Waals surface area contributed by atoms with Crippen LogP contribution < -0.4 is 0 Å². The van der Waals surface area contributed by atoms with Gasteiger partial charge in [-0.15, -0.1) is 0 Å². The molecule has 1 aromatic rings. The highest BCUT2D eigenvalue weighted by Crippen LogP contribution is 2.22. The number of aliphatic carboxylic acids is 1. The summed E-state index contributed by atoms with van der Waals surface area (Å²) < 4.78 is 0. The zero-order chi connectivity index (χ0) is 14.5. The van der Waals surface area contributed by atoms with Crippen LogP contribution in [0, 0.1) is 12.8 Å². The average Bonchev–Trinajstić information content (AvgIpc) is 2.44. The van der Waals surface area contributed by atoms with E-state index in [0.29, 0.717) is 18.7 Å². The van der Waals surface area contributed by atoms with E-state index in [9.17, 15) is 9.59 Å². The van der Waals surface area contributed by atoms with Gasteiger partial charge in [-0.25, -0.2) is 4.98 Å². The topological polar surface area (TPSA) is 70.5 Å².